The number of pyridine rings is 1. The number of fused-ring (bicyclic) bond motifs is 5. The Morgan fingerprint density at radius 1 is 1.28 bits per heavy atom. The van der Waals surface area contributed by atoms with Crippen molar-refractivity contribution in [3.63, 3.8) is 0 Å². The quantitative estimate of drug-likeness (QED) is 0.863. The maximum Gasteiger partial charge on any atom is 0.127 e. The van der Waals surface area contributed by atoms with E-state index in [1.54, 1.807) is 0 Å². The summed E-state index contributed by atoms with van der Waals surface area (Å²) in [5.74, 6) is 4.63. The summed E-state index contributed by atoms with van der Waals surface area (Å²) in [6, 6.07) is 6.55. The smallest absolute Gasteiger partial charge is 0.127 e. The van der Waals surface area contributed by atoms with Crippen LogP contribution in [0, 0.1) is 41.9 Å². The number of nitrogens with one attached hydrogen (secondary N) is 1. The van der Waals surface area contributed by atoms with Gasteiger partial charge < -0.3 is 5.32 Å². The number of nitrogens with zero attached hydrogens (tertiary/aromatic N) is 2. The molecule has 4 atom stereocenters. The van der Waals surface area contributed by atoms with E-state index in [1.807, 2.05) is 19.1 Å². The molecule has 0 amide bonds. The van der Waals surface area contributed by atoms with Crippen LogP contribution in [-0.4, -0.2) is 11.0 Å². The standard InChI is InChI=1S/C15H17N3/c1-8-4-9(7-16)5-12(17-8)18-15-13-10-2-3-11(6-10)14(13)15/h4-5,10-11,13-15H,2-3,6H2,1H3,(H,17,18). The van der Waals surface area contributed by atoms with Gasteiger partial charge in [-0.3, -0.25) is 0 Å². The van der Waals surface area contributed by atoms with Crippen molar-refractivity contribution in [3.8, 4) is 6.07 Å². The third kappa shape index (κ3) is 1.38. The Bertz CT molecular complexity index is 529. The molecule has 3 aliphatic rings. The molecular formula is C15H17N3. The molecule has 0 radical (unpaired) electrons. The minimum absolute atomic E-state index is 0.636. The van der Waals surface area contributed by atoms with Crippen molar-refractivity contribution in [1.82, 2.24) is 4.98 Å². The second kappa shape index (κ2) is 3.47. The molecule has 3 aliphatic carbocycles. The zero-order chi connectivity index (χ0) is 12.3. The van der Waals surface area contributed by atoms with Gasteiger partial charge in [-0.05, 0) is 62.0 Å². The first-order chi connectivity index (χ1) is 8.76. The second-order valence-electron chi connectivity index (χ2n) is 6.15. The zero-order valence-electron chi connectivity index (χ0n) is 10.6. The number of hydrogen-bond donors (Lipinski definition) is 1. The van der Waals surface area contributed by atoms with Crippen molar-refractivity contribution >= 4 is 5.82 Å². The number of anilines is 1. The Labute approximate surface area is 107 Å². The number of aryl methyl sites for hydroxylation is 1. The summed E-state index contributed by atoms with van der Waals surface area (Å²) in [7, 11) is 0. The highest BCUT2D eigenvalue weighted by atomic mass is 15.1. The largest absolute Gasteiger partial charge is 0.367 e. The summed E-state index contributed by atoms with van der Waals surface area (Å²) in [5.41, 5.74) is 1.63. The Kier molecular flexibility index (Phi) is 2.00. The van der Waals surface area contributed by atoms with Gasteiger partial charge in [-0.1, -0.05) is 0 Å². The fourth-order valence-electron chi connectivity index (χ4n) is 4.50. The molecule has 0 spiro atoms. The molecule has 1 heterocycles. The highest BCUT2D eigenvalue weighted by Crippen LogP contribution is 2.66. The Hall–Kier alpha value is -1.56. The molecule has 1 N–H and O–H groups in total. The van der Waals surface area contributed by atoms with E-state index in [9.17, 15) is 0 Å². The van der Waals surface area contributed by atoms with Crippen LogP contribution in [-0.2, 0) is 0 Å². The molecule has 0 aromatic carbocycles. The van der Waals surface area contributed by atoms with Gasteiger partial charge in [-0.15, -0.1) is 0 Å². The summed E-state index contributed by atoms with van der Waals surface area (Å²) < 4.78 is 0. The SMILES string of the molecule is Cc1cc(C#N)cc(NC2C3C4CCC(C4)C23)n1. The van der Waals surface area contributed by atoms with E-state index in [4.69, 9.17) is 5.26 Å². The first-order valence-electron chi connectivity index (χ1n) is 6.91. The lowest BCUT2D eigenvalue weighted by Crippen LogP contribution is -2.14. The molecule has 0 aliphatic heterocycles. The highest BCUT2D eigenvalue weighted by Gasteiger charge is 2.65. The lowest BCUT2D eigenvalue weighted by atomic mass is 10.0. The molecule has 3 heteroatoms. The molecule has 3 fully saturated rings. The van der Waals surface area contributed by atoms with Gasteiger partial charge in [0.1, 0.15) is 5.82 Å². The van der Waals surface area contributed by atoms with Gasteiger partial charge in [0.15, 0.2) is 0 Å². The predicted molar refractivity (Wildman–Crippen MR) is 68.9 cm³/mol. The van der Waals surface area contributed by atoms with Crippen molar-refractivity contribution in [1.29, 1.82) is 5.26 Å². The molecule has 92 valence electrons. The van der Waals surface area contributed by atoms with Crippen LogP contribution in [0.4, 0.5) is 5.82 Å². The second-order valence-corrected chi connectivity index (χ2v) is 6.15. The first-order valence-corrected chi connectivity index (χ1v) is 6.91. The normalized spacial score (nSPS) is 39.2. The van der Waals surface area contributed by atoms with E-state index in [0.717, 1.165) is 35.2 Å². The number of nitriles is 1. The molecule has 4 rings (SSSR count). The van der Waals surface area contributed by atoms with Crippen LogP contribution in [0.3, 0.4) is 0 Å². The van der Waals surface area contributed by atoms with Gasteiger partial charge in [0, 0.05) is 11.7 Å². The summed E-state index contributed by atoms with van der Waals surface area (Å²) in [5, 5.41) is 12.6. The number of rotatable bonds is 2. The third-order valence-electron chi connectivity index (χ3n) is 5.13. The van der Waals surface area contributed by atoms with Crippen LogP contribution in [0.15, 0.2) is 12.1 Å². The molecule has 4 unspecified atom stereocenters. The lowest BCUT2D eigenvalue weighted by Gasteiger charge is -2.11. The summed E-state index contributed by atoms with van der Waals surface area (Å²) >= 11 is 0. The van der Waals surface area contributed by atoms with Gasteiger partial charge in [0.25, 0.3) is 0 Å². The van der Waals surface area contributed by atoms with Crippen LogP contribution in [0.1, 0.15) is 30.5 Å². The molecule has 3 nitrogen and oxygen atoms in total. The Morgan fingerprint density at radius 2 is 2.00 bits per heavy atom. The molecule has 2 bridgehead atoms. The van der Waals surface area contributed by atoms with Crippen molar-refractivity contribution in [2.75, 3.05) is 5.32 Å². The van der Waals surface area contributed by atoms with E-state index in [1.165, 1.54) is 19.3 Å². The Morgan fingerprint density at radius 3 is 2.67 bits per heavy atom. The van der Waals surface area contributed by atoms with Gasteiger partial charge in [0.05, 0.1) is 11.6 Å². The maximum absolute atomic E-state index is 8.99. The van der Waals surface area contributed by atoms with Crippen LogP contribution in [0.25, 0.3) is 0 Å². The molecule has 1 aromatic rings. The summed E-state index contributed by atoms with van der Waals surface area (Å²) in [4.78, 5) is 4.50. The molecular weight excluding hydrogens is 222 g/mol. The average Bonchev–Trinajstić information content (AvgIpc) is 2.76. The maximum atomic E-state index is 8.99. The van der Waals surface area contributed by atoms with E-state index in [-0.39, 0.29) is 0 Å². The van der Waals surface area contributed by atoms with Crippen LogP contribution in [0.5, 0.6) is 0 Å². The van der Waals surface area contributed by atoms with Crippen molar-refractivity contribution < 1.29 is 0 Å². The van der Waals surface area contributed by atoms with Crippen LogP contribution < -0.4 is 5.32 Å². The minimum Gasteiger partial charge on any atom is -0.367 e. The van der Waals surface area contributed by atoms with Gasteiger partial charge in [0.2, 0.25) is 0 Å². The summed E-state index contributed by atoms with van der Waals surface area (Å²) in [6.45, 7) is 1.95. The van der Waals surface area contributed by atoms with Gasteiger partial charge in [-0.25, -0.2) is 4.98 Å². The predicted octanol–water partition coefficient (Wildman–Crippen LogP) is 2.72. The first kappa shape index (κ1) is 10.4. The van der Waals surface area contributed by atoms with Crippen molar-refractivity contribution in [2.45, 2.75) is 32.2 Å². The third-order valence-corrected chi connectivity index (χ3v) is 5.13. The molecule has 18 heavy (non-hydrogen) atoms. The Balaban J connectivity index is 1.54. The topological polar surface area (TPSA) is 48.7 Å². The monoisotopic (exact) mass is 239 g/mol. The van der Waals surface area contributed by atoms with E-state index in [0.29, 0.717) is 11.6 Å². The van der Waals surface area contributed by atoms with Gasteiger partial charge >= 0.3 is 0 Å². The van der Waals surface area contributed by atoms with Crippen LogP contribution >= 0.6 is 0 Å². The fourth-order valence-corrected chi connectivity index (χ4v) is 4.50. The minimum atomic E-state index is 0.636. The zero-order valence-corrected chi connectivity index (χ0v) is 10.6. The molecule has 1 aromatic heterocycles. The van der Waals surface area contributed by atoms with E-state index < -0.39 is 0 Å². The van der Waals surface area contributed by atoms with Crippen molar-refractivity contribution in [3.05, 3.63) is 23.4 Å². The van der Waals surface area contributed by atoms with Crippen LogP contribution in [0.2, 0.25) is 0 Å². The summed E-state index contributed by atoms with van der Waals surface area (Å²) in [6.07, 6.45) is 4.35. The van der Waals surface area contributed by atoms with Crippen molar-refractivity contribution in [2.24, 2.45) is 23.7 Å². The van der Waals surface area contributed by atoms with E-state index >= 15 is 0 Å². The molecule has 3 saturated carbocycles. The molecule has 0 saturated heterocycles. The average molecular weight is 239 g/mol. The van der Waals surface area contributed by atoms with Gasteiger partial charge in [-0.2, -0.15) is 5.26 Å². The number of aromatic nitrogens is 1. The van der Waals surface area contributed by atoms with E-state index in [2.05, 4.69) is 16.4 Å². The fraction of sp³-hybridized carbons (Fsp3) is 0.600. The number of hydrogen-bond acceptors (Lipinski definition) is 3. The highest BCUT2D eigenvalue weighted by molar-refractivity contribution is 5.47. The lowest BCUT2D eigenvalue weighted by molar-refractivity contribution is 0.456.